The molecule has 0 aliphatic carbocycles. The monoisotopic (exact) mass is 290 g/mol. The first-order valence-electron chi connectivity index (χ1n) is 6.97. The Morgan fingerprint density at radius 2 is 2.05 bits per heavy atom. The van der Waals surface area contributed by atoms with Crippen LogP contribution in [-0.4, -0.2) is 23.1 Å². The number of halogens is 1. The minimum atomic E-state index is -0.300. The number of aryl methyl sites for hydroxylation is 1. The van der Waals surface area contributed by atoms with Crippen molar-refractivity contribution >= 4 is 11.5 Å². The molecule has 0 saturated heterocycles. The fourth-order valence-electron chi connectivity index (χ4n) is 2.05. The lowest BCUT2D eigenvalue weighted by molar-refractivity contribution is 0.627. The van der Waals surface area contributed by atoms with Crippen LogP contribution in [0, 0.1) is 5.82 Å². The number of aromatic amines is 1. The minimum absolute atomic E-state index is 0.197. The summed E-state index contributed by atoms with van der Waals surface area (Å²) in [6.45, 7) is 3.06. The van der Waals surface area contributed by atoms with E-state index in [0.29, 0.717) is 31.2 Å². The molecule has 0 amide bonds. The van der Waals surface area contributed by atoms with Gasteiger partial charge in [-0.3, -0.25) is 4.79 Å². The van der Waals surface area contributed by atoms with E-state index in [9.17, 15) is 9.18 Å². The van der Waals surface area contributed by atoms with Crippen molar-refractivity contribution < 1.29 is 4.39 Å². The molecule has 112 valence electrons. The van der Waals surface area contributed by atoms with Gasteiger partial charge in [-0.15, -0.1) is 0 Å². The van der Waals surface area contributed by atoms with Crippen molar-refractivity contribution in [3.63, 3.8) is 0 Å². The van der Waals surface area contributed by atoms with Crippen molar-refractivity contribution in [1.82, 2.24) is 9.97 Å². The Morgan fingerprint density at radius 1 is 1.33 bits per heavy atom. The average Bonchev–Trinajstić information content (AvgIpc) is 2.49. The first-order valence-corrected chi connectivity index (χ1v) is 6.97. The normalized spacial score (nSPS) is 10.6. The number of hydrogen-bond acceptors (Lipinski definition) is 4. The van der Waals surface area contributed by atoms with E-state index in [2.05, 4.69) is 9.97 Å². The highest BCUT2D eigenvalue weighted by Crippen LogP contribution is 2.23. The van der Waals surface area contributed by atoms with Crippen LogP contribution >= 0.6 is 0 Å². The van der Waals surface area contributed by atoms with Crippen molar-refractivity contribution in [1.29, 1.82) is 0 Å². The summed E-state index contributed by atoms with van der Waals surface area (Å²) in [7, 11) is 0. The van der Waals surface area contributed by atoms with Gasteiger partial charge < -0.3 is 15.6 Å². The largest absolute Gasteiger partial charge is 0.330 e. The molecule has 21 heavy (non-hydrogen) atoms. The molecule has 1 heterocycles. The van der Waals surface area contributed by atoms with E-state index in [4.69, 9.17) is 5.73 Å². The molecule has 0 aliphatic heterocycles. The molecular formula is C15H19FN4O. The number of nitrogens with two attached hydrogens (primary N) is 1. The van der Waals surface area contributed by atoms with Crippen molar-refractivity contribution in [3.8, 4) is 0 Å². The van der Waals surface area contributed by atoms with Gasteiger partial charge in [0.1, 0.15) is 17.5 Å². The third kappa shape index (κ3) is 3.88. The Bertz CT molecular complexity index is 639. The van der Waals surface area contributed by atoms with E-state index in [0.717, 1.165) is 12.1 Å². The van der Waals surface area contributed by atoms with Gasteiger partial charge in [-0.2, -0.15) is 0 Å². The highest BCUT2D eigenvalue weighted by molar-refractivity contribution is 5.59. The maximum absolute atomic E-state index is 13.1. The lowest BCUT2D eigenvalue weighted by atomic mass is 10.2. The zero-order valence-corrected chi connectivity index (χ0v) is 12.0. The van der Waals surface area contributed by atoms with E-state index in [-0.39, 0.29) is 11.4 Å². The third-order valence-corrected chi connectivity index (χ3v) is 3.11. The smallest absolute Gasteiger partial charge is 0.252 e. The lowest BCUT2D eigenvalue weighted by Crippen LogP contribution is -2.24. The van der Waals surface area contributed by atoms with Crippen molar-refractivity contribution in [2.45, 2.75) is 19.8 Å². The summed E-state index contributed by atoms with van der Waals surface area (Å²) in [6, 6.07) is 7.55. The molecule has 0 bridgehead atoms. The Kier molecular flexibility index (Phi) is 5.05. The van der Waals surface area contributed by atoms with Gasteiger partial charge in [0, 0.05) is 24.7 Å². The number of aromatic nitrogens is 2. The summed E-state index contributed by atoms with van der Waals surface area (Å²) in [5, 5.41) is 0. The second-order valence-electron chi connectivity index (χ2n) is 4.67. The van der Waals surface area contributed by atoms with Gasteiger partial charge in [0.05, 0.1) is 0 Å². The van der Waals surface area contributed by atoms with Crippen LogP contribution in [0.5, 0.6) is 0 Å². The predicted octanol–water partition coefficient (Wildman–Crippen LogP) is 1.96. The van der Waals surface area contributed by atoms with Gasteiger partial charge in [-0.1, -0.05) is 6.92 Å². The summed E-state index contributed by atoms with van der Waals surface area (Å²) >= 11 is 0. The zero-order chi connectivity index (χ0) is 15.2. The van der Waals surface area contributed by atoms with E-state index in [1.807, 2.05) is 11.8 Å². The van der Waals surface area contributed by atoms with Gasteiger partial charge in [0.2, 0.25) is 0 Å². The highest BCUT2D eigenvalue weighted by Gasteiger charge is 2.12. The molecule has 1 aromatic heterocycles. The van der Waals surface area contributed by atoms with Crippen molar-refractivity contribution in [2.75, 3.05) is 18.0 Å². The van der Waals surface area contributed by atoms with Crippen LogP contribution in [0.25, 0.3) is 0 Å². The van der Waals surface area contributed by atoms with Crippen LogP contribution in [-0.2, 0) is 6.42 Å². The number of benzene rings is 1. The number of anilines is 2. The van der Waals surface area contributed by atoms with Gasteiger partial charge in [-0.05, 0) is 37.2 Å². The summed E-state index contributed by atoms with van der Waals surface area (Å²) in [4.78, 5) is 20.7. The van der Waals surface area contributed by atoms with Crippen LogP contribution in [0.4, 0.5) is 15.9 Å². The quantitative estimate of drug-likeness (QED) is 0.852. The Hall–Kier alpha value is -2.21. The summed E-state index contributed by atoms with van der Waals surface area (Å²) in [5.41, 5.74) is 6.15. The number of rotatable bonds is 6. The molecule has 5 nitrogen and oxygen atoms in total. The maximum Gasteiger partial charge on any atom is 0.252 e. The molecule has 0 spiro atoms. The number of nitrogens with one attached hydrogen (secondary N) is 1. The molecule has 0 unspecified atom stereocenters. The van der Waals surface area contributed by atoms with Crippen molar-refractivity contribution in [3.05, 3.63) is 52.3 Å². The Balaban J connectivity index is 2.42. The van der Waals surface area contributed by atoms with Crippen LogP contribution in [0.1, 0.15) is 19.2 Å². The Labute approximate surface area is 122 Å². The van der Waals surface area contributed by atoms with Crippen LogP contribution in [0.15, 0.2) is 35.1 Å². The molecule has 1 aromatic carbocycles. The molecule has 0 radical (unpaired) electrons. The maximum atomic E-state index is 13.1. The molecule has 0 fully saturated rings. The summed E-state index contributed by atoms with van der Waals surface area (Å²) in [6.07, 6.45) is 1.38. The van der Waals surface area contributed by atoms with Crippen LogP contribution in [0.3, 0.4) is 0 Å². The van der Waals surface area contributed by atoms with Gasteiger partial charge in [0.15, 0.2) is 0 Å². The number of H-pyrrole nitrogens is 1. The SMILES string of the molecule is CCc1nc(N(CCCN)c2ccc(F)cc2)cc(=O)[nH]1. The number of nitrogens with zero attached hydrogens (tertiary/aromatic N) is 2. The molecule has 2 aromatic rings. The molecule has 0 aliphatic rings. The first-order chi connectivity index (χ1) is 10.1. The topological polar surface area (TPSA) is 75.0 Å². The predicted molar refractivity (Wildman–Crippen MR) is 81.3 cm³/mol. The van der Waals surface area contributed by atoms with Crippen molar-refractivity contribution in [2.24, 2.45) is 5.73 Å². The molecular weight excluding hydrogens is 271 g/mol. The first kappa shape index (κ1) is 15.2. The molecule has 0 saturated carbocycles. The highest BCUT2D eigenvalue weighted by atomic mass is 19.1. The third-order valence-electron chi connectivity index (χ3n) is 3.11. The van der Waals surface area contributed by atoms with Gasteiger partial charge in [0.25, 0.3) is 5.56 Å². The van der Waals surface area contributed by atoms with Crippen LogP contribution < -0.4 is 16.2 Å². The zero-order valence-electron chi connectivity index (χ0n) is 12.0. The fourth-order valence-corrected chi connectivity index (χ4v) is 2.05. The standard InChI is InChI=1S/C15H19FN4O/c1-2-13-18-14(10-15(21)19-13)20(9-3-8-17)12-6-4-11(16)5-7-12/h4-7,10H,2-3,8-9,17H2,1H3,(H,18,19,21). The molecule has 2 rings (SSSR count). The fraction of sp³-hybridized carbons (Fsp3) is 0.333. The van der Waals surface area contributed by atoms with E-state index in [1.54, 1.807) is 12.1 Å². The summed E-state index contributed by atoms with van der Waals surface area (Å²) < 4.78 is 13.1. The molecule has 3 N–H and O–H groups in total. The second-order valence-corrected chi connectivity index (χ2v) is 4.67. The van der Waals surface area contributed by atoms with Crippen LogP contribution in [0.2, 0.25) is 0 Å². The van der Waals surface area contributed by atoms with E-state index < -0.39 is 0 Å². The van der Waals surface area contributed by atoms with Gasteiger partial charge in [-0.25, -0.2) is 9.37 Å². The minimum Gasteiger partial charge on any atom is -0.330 e. The van der Waals surface area contributed by atoms with E-state index in [1.165, 1.54) is 18.2 Å². The van der Waals surface area contributed by atoms with E-state index >= 15 is 0 Å². The molecule has 0 atom stereocenters. The Morgan fingerprint density at radius 3 is 2.67 bits per heavy atom. The lowest BCUT2D eigenvalue weighted by Gasteiger charge is -2.23. The second kappa shape index (κ2) is 6.99. The number of hydrogen-bond donors (Lipinski definition) is 2. The molecule has 6 heteroatoms. The van der Waals surface area contributed by atoms with Gasteiger partial charge >= 0.3 is 0 Å². The average molecular weight is 290 g/mol. The summed E-state index contributed by atoms with van der Waals surface area (Å²) in [5.74, 6) is 0.874.